The van der Waals surface area contributed by atoms with Crippen LogP contribution in [0, 0.1) is 29.1 Å². The van der Waals surface area contributed by atoms with Crippen LogP contribution in [0.5, 0.6) is 5.75 Å². The van der Waals surface area contributed by atoms with Gasteiger partial charge >= 0.3 is 0 Å². The van der Waals surface area contributed by atoms with Crippen molar-refractivity contribution in [3.8, 4) is 5.75 Å². The lowest BCUT2D eigenvalue weighted by atomic mass is 9.51. The Morgan fingerprint density at radius 3 is 2.57 bits per heavy atom. The van der Waals surface area contributed by atoms with Crippen LogP contribution in [-0.2, 0) is 11.3 Å². The predicted octanol–water partition coefficient (Wildman–Crippen LogP) is 4.63. The molecule has 3 N–H and O–H groups in total. The van der Waals surface area contributed by atoms with Crippen molar-refractivity contribution in [3.63, 3.8) is 0 Å². The van der Waals surface area contributed by atoms with Gasteiger partial charge in [0, 0.05) is 22.4 Å². The molecule has 0 bridgehead atoms. The van der Waals surface area contributed by atoms with Crippen LogP contribution in [0.3, 0.4) is 0 Å². The second-order valence-corrected chi connectivity index (χ2v) is 11.7. The first-order valence-corrected chi connectivity index (χ1v) is 13.5. The van der Waals surface area contributed by atoms with E-state index in [2.05, 4.69) is 24.5 Å². The highest BCUT2D eigenvalue weighted by Crippen LogP contribution is 2.55. The van der Waals surface area contributed by atoms with E-state index in [0.29, 0.717) is 17.9 Å². The summed E-state index contributed by atoms with van der Waals surface area (Å²) in [6, 6.07) is 11.1. The van der Waals surface area contributed by atoms with Crippen molar-refractivity contribution in [3.05, 3.63) is 52.2 Å². The molecular weight excluding hydrogens is 460 g/mol. The minimum atomic E-state index is -0.577. The first kappa shape index (κ1) is 25.7. The van der Waals surface area contributed by atoms with Crippen molar-refractivity contribution in [2.24, 2.45) is 29.1 Å². The minimum absolute atomic E-state index is 0.00104. The molecule has 1 aromatic carbocycles. The first-order chi connectivity index (χ1) is 16.7. The lowest BCUT2D eigenvalue weighted by molar-refractivity contribution is -0.142. The number of thiophene rings is 1. The molecule has 7 heteroatoms. The van der Waals surface area contributed by atoms with Gasteiger partial charge in [0.15, 0.2) is 0 Å². The third kappa shape index (κ3) is 5.41. The van der Waals surface area contributed by atoms with Gasteiger partial charge in [-0.25, -0.2) is 0 Å². The van der Waals surface area contributed by atoms with Crippen molar-refractivity contribution in [2.45, 2.75) is 65.1 Å². The molecular formula is C28H38N2O4S. The minimum Gasteiger partial charge on any atom is -0.497 e. The van der Waals surface area contributed by atoms with E-state index in [0.717, 1.165) is 30.6 Å². The molecule has 2 aromatic rings. The number of fused-ring (bicyclic) bond motifs is 1. The highest BCUT2D eigenvalue weighted by Gasteiger charge is 2.53. The summed E-state index contributed by atoms with van der Waals surface area (Å²) in [6.45, 7) is 6.89. The Labute approximate surface area is 212 Å². The molecule has 2 amide bonds. The molecule has 2 saturated carbocycles. The summed E-state index contributed by atoms with van der Waals surface area (Å²) in [5, 5.41) is 19.9. The van der Waals surface area contributed by atoms with Crippen LogP contribution < -0.4 is 15.4 Å². The Balaban J connectivity index is 1.42. The van der Waals surface area contributed by atoms with Crippen LogP contribution in [0.2, 0.25) is 0 Å². The van der Waals surface area contributed by atoms with E-state index in [1.54, 1.807) is 42.7 Å². The second-order valence-electron chi connectivity index (χ2n) is 10.7. The van der Waals surface area contributed by atoms with Crippen molar-refractivity contribution in [1.82, 2.24) is 10.6 Å². The third-order valence-corrected chi connectivity index (χ3v) is 9.51. The lowest BCUT2D eigenvalue weighted by Crippen LogP contribution is -2.58. The average molecular weight is 499 g/mol. The molecule has 35 heavy (non-hydrogen) atoms. The van der Waals surface area contributed by atoms with Gasteiger partial charge in [-0.05, 0) is 84.6 Å². The zero-order valence-corrected chi connectivity index (χ0v) is 21.9. The fraction of sp³-hybridized carbons (Fsp3) is 0.571. The Kier molecular flexibility index (Phi) is 7.86. The van der Waals surface area contributed by atoms with E-state index in [4.69, 9.17) is 4.74 Å². The molecule has 1 heterocycles. The van der Waals surface area contributed by atoms with E-state index in [9.17, 15) is 14.7 Å². The monoisotopic (exact) mass is 498 g/mol. The second kappa shape index (κ2) is 10.7. The van der Waals surface area contributed by atoms with E-state index in [-0.39, 0.29) is 46.9 Å². The number of carbonyl (C=O) groups excluding carboxylic acids is 2. The maximum absolute atomic E-state index is 12.9. The molecule has 2 fully saturated rings. The Morgan fingerprint density at radius 1 is 1.20 bits per heavy atom. The van der Waals surface area contributed by atoms with Gasteiger partial charge < -0.3 is 20.5 Å². The van der Waals surface area contributed by atoms with E-state index in [1.165, 1.54) is 0 Å². The molecule has 1 aromatic heterocycles. The molecule has 0 aliphatic heterocycles. The standard InChI is InChI=1S/C28H38N2O4S/c1-17(26(32)29-16-21-6-5-15-35-21)22-11-13-28(3)14-12-23(18(2)24(28)25(22)31)30-27(33)19-7-9-20(34-4)10-8-19/h5-10,15,17-18,22-25,31H,11-14,16H2,1-4H3,(H,29,32)(H,30,33)/t17-,18+,22-,23-,24+,25-,28-/m0/s1. The Bertz CT molecular complexity index is 1010. The molecule has 6 nitrogen and oxygen atoms in total. The first-order valence-electron chi connectivity index (χ1n) is 12.7. The van der Waals surface area contributed by atoms with Crippen LogP contribution in [0.25, 0.3) is 0 Å². The van der Waals surface area contributed by atoms with Crippen LogP contribution in [0.15, 0.2) is 41.8 Å². The number of hydrogen-bond acceptors (Lipinski definition) is 5. The fourth-order valence-corrected chi connectivity index (χ4v) is 7.08. The number of nitrogens with one attached hydrogen (secondary N) is 2. The van der Waals surface area contributed by atoms with Gasteiger partial charge in [0.25, 0.3) is 5.91 Å². The topological polar surface area (TPSA) is 87.7 Å². The zero-order valence-electron chi connectivity index (χ0n) is 21.1. The van der Waals surface area contributed by atoms with Crippen molar-refractivity contribution >= 4 is 23.2 Å². The number of ether oxygens (including phenoxy) is 1. The van der Waals surface area contributed by atoms with Crippen LogP contribution >= 0.6 is 11.3 Å². The quantitative estimate of drug-likeness (QED) is 0.519. The van der Waals surface area contributed by atoms with Gasteiger partial charge in [-0.3, -0.25) is 9.59 Å². The summed E-state index contributed by atoms with van der Waals surface area (Å²) in [7, 11) is 1.60. The predicted molar refractivity (Wildman–Crippen MR) is 138 cm³/mol. The molecule has 0 saturated heterocycles. The zero-order chi connectivity index (χ0) is 25.2. The fourth-order valence-electron chi connectivity index (χ4n) is 6.43. The van der Waals surface area contributed by atoms with Crippen LogP contribution in [0.1, 0.15) is 61.7 Å². The number of aliphatic hydroxyl groups excluding tert-OH is 1. The number of carbonyl (C=O) groups is 2. The third-order valence-electron chi connectivity index (χ3n) is 8.63. The number of benzene rings is 1. The molecule has 4 rings (SSSR count). The van der Waals surface area contributed by atoms with Crippen molar-refractivity contribution in [2.75, 3.05) is 7.11 Å². The van der Waals surface area contributed by atoms with Crippen molar-refractivity contribution in [1.29, 1.82) is 0 Å². The van der Waals surface area contributed by atoms with Crippen LogP contribution in [-0.4, -0.2) is 36.2 Å². The smallest absolute Gasteiger partial charge is 0.251 e. The summed E-state index contributed by atoms with van der Waals surface area (Å²) in [6.07, 6.45) is 3.11. The van der Waals surface area contributed by atoms with E-state index < -0.39 is 6.10 Å². The summed E-state index contributed by atoms with van der Waals surface area (Å²) in [5.41, 5.74) is 0.619. The Hall–Kier alpha value is -2.38. The molecule has 190 valence electrons. The highest BCUT2D eigenvalue weighted by atomic mass is 32.1. The number of methoxy groups -OCH3 is 1. The number of rotatable bonds is 7. The summed E-state index contributed by atoms with van der Waals surface area (Å²) in [4.78, 5) is 27.0. The molecule has 0 unspecified atom stereocenters. The van der Waals surface area contributed by atoms with Crippen LogP contribution in [0.4, 0.5) is 0 Å². The number of amides is 2. The molecule has 0 spiro atoms. The van der Waals surface area contributed by atoms with Gasteiger partial charge in [0.2, 0.25) is 5.91 Å². The molecule has 7 atom stereocenters. The van der Waals surface area contributed by atoms with Gasteiger partial charge in [-0.1, -0.05) is 26.8 Å². The van der Waals surface area contributed by atoms with E-state index >= 15 is 0 Å². The largest absolute Gasteiger partial charge is 0.497 e. The van der Waals surface area contributed by atoms with Gasteiger partial charge in [-0.15, -0.1) is 11.3 Å². The Morgan fingerprint density at radius 2 is 1.91 bits per heavy atom. The van der Waals surface area contributed by atoms with Gasteiger partial charge in [0.1, 0.15) is 5.75 Å². The summed E-state index contributed by atoms with van der Waals surface area (Å²) < 4.78 is 5.19. The van der Waals surface area contributed by atoms with Gasteiger partial charge in [0.05, 0.1) is 19.8 Å². The number of aliphatic hydroxyl groups is 1. The molecule has 2 aliphatic rings. The highest BCUT2D eigenvalue weighted by molar-refractivity contribution is 7.09. The maximum Gasteiger partial charge on any atom is 0.251 e. The van der Waals surface area contributed by atoms with E-state index in [1.807, 2.05) is 24.4 Å². The number of hydrogen-bond donors (Lipinski definition) is 3. The van der Waals surface area contributed by atoms with Crippen molar-refractivity contribution < 1.29 is 19.4 Å². The average Bonchev–Trinajstić information content (AvgIpc) is 3.38. The van der Waals surface area contributed by atoms with Gasteiger partial charge in [-0.2, -0.15) is 0 Å². The maximum atomic E-state index is 12.9. The summed E-state index contributed by atoms with van der Waals surface area (Å²) in [5.74, 6) is 0.396. The molecule has 0 radical (unpaired) electrons. The SMILES string of the molecule is COc1ccc(C(=O)N[C@H]2CC[C@]3(C)CC[C@@H]([C@H](C)C(=O)NCc4cccs4)[C@H](O)[C@H]3[C@@H]2C)cc1. The normalized spacial score (nSPS) is 31.2. The lowest BCUT2D eigenvalue weighted by Gasteiger charge is -2.56. The molecule has 2 aliphatic carbocycles. The summed E-state index contributed by atoms with van der Waals surface area (Å²) >= 11 is 1.63.